The van der Waals surface area contributed by atoms with Crippen molar-refractivity contribution in [2.24, 2.45) is 9.98 Å². The van der Waals surface area contributed by atoms with Gasteiger partial charge in [0.1, 0.15) is 0 Å². The van der Waals surface area contributed by atoms with Crippen molar-refractivity contribution in [1.82, 2.24) is 9.78 Å². The van der Waals surface area contributed by atoms with Crippen LogP contribution in [0.1, 0.15) is 22.9 Å². The number of hydrogen-bond acceptors (Lipinski definition) is 5. The number of aliphatic imine (C=N–C) groups is 2. The SMILES string of the molecule is Cc1nn(-c2ccccc2)c2c1[C@H](c1ccccc1)N1C(=N2)C(Nc2ccc(Br)cc2)=Nc2ccccc21. The first kappa shape index (κ1) is 22.7. The van der Waals surface area contributed by atoms with Crippen LogP contribution in [0.25, 0.3) is 5.69 Å². The molecular weight excluding hydrogens is 536 g/mol. The fourth-order valence-electron chi connectivity index (χ4n) is 5.17. The maximum atomic E-state index is 5.27. The molecule has 2 aliphatic heterocycles. The first-order chi connectivity index (χ1) is 18.7. The maximum Gasteiger partial charge on any atom is 0.179 e. The van der Waals surface area contributed by atoms with Crippen LogP contribution in [0.3, 0.4) is 0 Å². The minimum absolute atomic E-state index is 0.130. The average molecular weight is 559 g/mol. The van der Waals surface area contributed by atoms with Gasteiger partial charge in [-0.15, -0.1) is 0 Å². The molecule has 1 N–H and O–H groups in total. The third-order valence-electron chi connectivity index (χ3n) is 6.86. The summed E-state index contributed by atoms with van der Waals surface area (Å²) in [6.07, 6.45) is 0. The molecule has 7 rings (SSSR count). The van der Waals surface area contributed by atoms with E-state index in [-0.39, 0.29) is 6.04 Å². The second-order valence-corrected chi connectivity index (χ2v) is 10.2. The van der Waals surface area contributed by atoms with Gasteiger partial charge in [0.2, 0.25) is 0 Å². The summed E-state index contributed by atoms with van der Waals surface area (Å²) in [5.74, 6) is 2.26. The van der Waals surface area contributed by atoms with Crippen LogP contribution in [0.4, 0.5) is 22.9 Å². The van der Waals surface area contributed by atoms with Gasteiger partial charge >= 0.3 is 0 Å². The molecule has 1 aromatic heterocycles. The molecule has 4 aromatic carbocycles. The van der Waals surface area contributed by atoms with Gasteiger partial charge in [-0.2, -0.15) is 5.10 Å². The van der Waals surface area contributed by atoms with E-state index in [1.54, 1.807) is 0 Å². The van der Waals surface area contributed by atoms with Gasteiger partial charge in [-0.1, -0.05) is 76.6 Å². The lowest BCUT2D eigenvalue weighted by Crippen LogP contribution is -2.46. The van der Waals surface area contributed by atoms with Crippen molar-refractivity contribution < 1.29 is 0 Å². The summed E-state index contributed by atoms with van der Waals surface area (Å²) in [5, 5.41) is 8.53. The van der Waals surface area contributed by atoms with E-state index < -0.39 is 0 Å². The number of fused-ring (bicyclic) bond motifs is 4. The van der Waals surface area contributed by atoms with Crippen molar-refractivity contribution in [3.63, 3.8) is 0 Å². The highest BCUT2D eigenvalue weighted by atomic mass is 79.9. The van der Waals surface area contributed by atoms with E-state index in [0.29, 0.717) is 5.84 Å². The number of benzene rings is 4. The molecule has 6 nitrogen and oxygen atoms in total. The normalized spacial score (nSPS) is 15.6. The number of rotatable bonds is 3. The number of nitrogens with one attached hydrogen (secondary N) is 1. The summed E-state index contributed by atoms with van der Waals surface area (Å²) in [5.41, 5.74) is 7.01. The molecule has 7 heteroatoms. The number of para-hydroxylation sites is 3. The number of nitrogens with zero attached hydrogens (tertiary/aromatic N) is 5. The molecule has 0 aliphatic carbocycles. The van der Waals surface area contributed by atoms with Crippen LogP contribution in [-0.4, -0.2) is 21.5 Å². The Morgan fingerprint density at radius 3 is 2.21 bits per heavy atom. The maximum absolute atomic E-state index is 5.27. The number of amidine groups is 2. The van der Waals surface area contributed by atoms with Gasteiger partial charge in [-0.3, -0.25) is 0 Å². The second kappa shape index (κ2) is 9.11. The van der Waals surface area contributed by atoms with E-state index in [1.807, 2.05) is 59.3 Å². The Morgan fingerprint density at radius 2 is 1.45 bits per heavy atom. The van der Waals surface area contributed by atoms with Crippen LogP contribution < -0.4 is 10.2 Å². The molecule has 0 spiro atoms. The standard InChI is InChI=1S/C31H23BrN6/c1-20-27-28(21-10-4-2-5-11-21)37-26-15-9-8-14-25(26)34-29(33-23-18-16-22(32)17-19-23)31(37)35-30(27)38(36-20)24-12-6-3-7-13-24/h2-19,28H,1H3,(H,33,34)/t28-/m0/s1. The highest BCUT2D eigenvalue weighted by Crippen LogP contribution is 2.48. The molecular formula is C31H23BrN6. The van der Waals surface area contributed by atoms with E-state index in [9.17, 15) is 0 Å². The minimum Gasteiger partial charge on any atom is -0.337 e. The quantitative estimate of drug-likeness (QED) is 0.246. The largest absolute Gasteiger partial charge is 0.337 e. The fourth-order valence-corrected chi connectivity index (χ4v) is 5.43. The molecule has 1 atom stereocenters. The Labute approximate surface area is 229 Å². The molecule has 3 heterocycles. The van der Waals surface area contributed by atoms with Gasteiger partial charge in [0.05, 0.1) is 28.8 Å². The topological polar surface area (TPSA) is 57.8 Å². The predicted octanol–water partition coefficient (Wildman–Crippen LogP) is 7.74. The summed E-state index contributed by atoms with van der Waals surface area (Å²) in [4.78, 5) is 12.6. The molecule has 0 unspecified atom stereocenters. The molecule has 0 fully saturated rings. The molecule has 5 aromatic rings. The molecule has 0 bridgehead atoms. The molecule has 0 saturated carbocycles. The lowest BCUT2D eigenvalue weighted by molar-refractivity contribution is 0.815. The van der Waals surface area contributed by atoms with Gasteiger partial charge in [-0.05, 0) is 61.0 Å². The third kappa shape index (κ3) is 3.74. The van der Waals surface area contributed by atoms with E-state index in [1.165, 1.54) is 0 Å². The predicted molar refractivity (Wildman–Crippen MR) is 157 cm³/mol. The summed E-state index contributed by atoms with van der Waals surface area (Å²) < 4.78 is 2.97. The second-order valence-electron chi connectivity index (χ2n) is 9.27. The monoisotopic (exact) mass is 558 g/mol. The van der Waals surface area contributed by atoms with Crippen molar-refractivity contribution >= 4 is 50.5 Å². The van der Waals surface area contributed by atoms with E-state index >= 15 is 0 Å². The zero-order valence-corrected chi connectivity index (χ0v) is 22.2. The van der Waals surface area contributed by atoms with E-state index in [0.717, 1.165) is 55.7 Å². The first-order valence-electron chi connectivity index (χ1n) is 12.5. The van der Waals surface area contributed by atoms with Gasteiger partial charge < -0.3 is 10.2 Å². The Balaban J connectivity index is 1.49. The number of aromatic nitrogens is 2. The summed E-state index contributed by atoms with van der Waals surface area (Å²) in [6.45, 7) is 2.07. The summed E-state index contributed by atoms with van der Waals surface area (Å²) >= 11 is 3.53. The van der Waals surface area contributed by atoms with Gasteiger partial charge in [0, 0.05) is 15.7 Å². The zero-order chi connectivity index (χ0) is 25.6. The molecule has 184 valence electrons. The molecule has 0 radical (unpaired) electrons. The lowest BCUT2D eigenvalue weighted by Gasteiger charge is -2.40. The van der Waals surface area contributed by atoms with Crippen molar-refractivity contribution in [1.29, 1.82) is 0 Å². The van der Waals surface area contributed by atoms with Crippen LogP contribution in [0.5, 0.6) is 0 Å². The third-order valence-corrected chi connectivity index (χ3v) is 7.39. The first-order valence-corrected chi connectivity index (χ1v) is 13.3. The minimum atomic E-state index is -0.130. The smallest absolute Gasteiger partial charge is 0.179 e. The Kier molecular flexibility index (Phi) is 5.44. The van der Waals surface area contributed by atoms with E-state index in [2.05, 4.69) is 87.7 Å². The number of anilines is 2. The van der Waals surface area contributed by atoms with Crippen LogP contribution in [0, 0.1) is 6.92 Å². The number of hydrogen-bond donors (Lipinski definition) is 1. The molecule has 2 aliphatic rings. The van der Waals surface area contributed by atoms with Gasteiger partial charge in [0.25, 0.3) is 0 Å². The summed E-state index contributed by atoms with van der Waals surface area (Å²) in [7, 11) is 0. The Morgan fingerprint density at radius 1 is 0.763 bits per heavy atom. The van der Waals surface area contributed by atoms with Crippen LogP contribution in [-0.2, 0) is 0 Å². The van der Waals surface area contributed by atoms with Gasteiger partial charge in [-0.25, -0.2) is 14.7 Å². The lowest BCUT2D eigenvalue weighted by atomic mass is 9.93. The van der Waals surface area contributed by atoms with Crippen molar-refractivity contribution in [3.05, 3.63) is 130 Å². The zero-order valence-electron chi connectivity index (χ0n) is 20.6. The van der Waals surface area contributed by atoms with E-state index in [4.69, 9.17) is 15.1 Å². The highest BCUT2D eigenvalue weighted by Gasteiger charge is 2.41. The Hall–Kier alpha value is -4.49. The van der Waals surface area contributed by atoms with Crippen LogP contribution in [0.2, 0.25) is 0 Å². The van der Waals surface area contributed by atoms with Crippen molar-refractivity contribution in [2.75, 3.05) is 10.2 Å². The molecule has 0 saturated heterocycles. The van der Waals surface area contributed by atoms with Crippen molar-refractivity contribution in [3.8, 4) is 5.69 Å². The van der Waals surface area contributed by atoms with Crippen LogP contribution >= 0.6 is 15.9 Å². The average Bonchev–Trinajstić information content (AvgIpc) is 3.30. The number of aryl methyl sites for hydroxylation is 1. The summed E-state index contributed by atoms with van der Waals surface area (Å²) in [6, 6.07) is 36.9. The fraction of sp³-hybridized carbons (Fsp3) is 0.0645. The molecule has 0 amide bonds. The van der Waals surface area contributed by atoms with Crippen molar-refractivity contribution in [2.45, 2.75) is 13.0 Å². The Bertz CT molecular complexity index is 1710. The van der Waals surface area contributed by atoms with Crippen LogP contribution in [0.15, 0.2) is 124 Å². The number of halogens is 1. The highest BCUT2D eigenvalue weighted by molar-refractivity contribution is 9.10. The van der Waals surface area contributed by atoms with Gasteiger partial charge in [0.15, 0.2) is 17.5 Å². The molecule has 38 heavy (non-hydrogen) atoms.